The van der Waals surface area contributed by atoms with Crippen LogP contribution in [0.2, 0.25) is 0 Å². The fourth-order valence-electron chi connectivity index (χ4n) is 2.64. The van der Waals surface area contributed by atoms with E-state index in [4.69, 9.17) is 0 Å². The van der Waals surface area contributed by atoms with E-state index in [0.717, 1.165) is 46.0 Å². The molecule has 0 spiro atoms. The van der Waals surface area contributed by atoms with Crippen molar-refractivity contribution < 1.29 is 4.79 Å². The van der Waals surface area contributed by atoms with E-state index < -0.39 is 0 Å². The highest BCUT2D eigenvalue weighted by Gasteiger charge is 2.13. The molecule has 1 heterocycles. The molecule has 3 aromatic rings. The molecule has 2 nitrogen and oxygen atoms in total. The number of H-pyrrole nitrogens is 1. The Hall–Kier alpha value is -2.35. The number of nitrogens with one attached hydrogen (secondary N) is 1. The Balaban J connectivity index is 2.24. The van der Waals surface area contributed by atoms with Crippen LogP contribution in [-0.2, 0) is 6.42 Å². The first-order chi connectivity index (χ1) is 9.74. The maximum Gasteiger partial charge on any atom is 0.152 e. The minimum absolute atomic E-state index is 0.743. The smallest absolute Gasteiger partial charge is 0.152 e. The van der Waals surface area contributed by atoms with Gasteiger partial charge in [-0.25, -0.2) is 0 Å². The summed E-state index contributed by atoms with van der Waals surface area (Å²) in [7, 11) is 0. The number of aromatic nitrogens is 1. The second kappa shape index (κ2) is 4.97. The van der Waals surface area contributed by atoms with Gasteiger partial charge in [-0.05, 0) is 30.0 Å². The van der Waals surface area contributed by atoms with Crippen molar-refractivity contribution in [2.24, 2.45) is 0 Å². The molecule has 0 unspecified atom stereocenters. The quantitative estimate of drug-likeness (QED) is 0.692. The number of para-hydroxylation sites is 1. The van der Waals surface area contributed by atoms with Gasteiger partial charge in [-0.1, -0.05) is 49.4 Å². The molecule has 0 fully saturated rings. The molecule has 1 aromatic heterocycles. The van der Waals surface area contributed by atoms with Crippen molar-refractivity contribution >= 4 is 17.2 Å². The molecule has 0 aliphatic heterocycles. The summed E-state index contributed by atoms with van der Waals surface area (Å²) in [4.78, 5) is 14.9. The maximum atomic E-state index is 11.5. The number of benzene rings is 2. The standard InChI is InChI=1S/C18H17NO/c1-3-13-7-9-14(10-8-13)18-16(11-20)15-6-4-5-12(2)17(15)19-18/h4-11,19H,3H2,1-2H3. The zero-order valence-corrected chi connectivity index (χ0v) is 11.7. The van der Waals surface area contributed by atoms with Crippen LogP contribution >= 0.6 is 0 Å². The zero-order valence-electron chi connectivity index (χ0n) is 11.7. The number of aromatic amines is 1. The molecule has 0 bridgehead atoms. The van der Waals surface area contributed by atoms with E-state index in [-0.39, 0.29) is 0 Å². The van der Waals surface area contributed by atoms with E-state index in [2.05, 4.69) is 49.2 Å². The molecule has 0 atom stereocenters. The average molecular weight is 263 g/mol. The van der Waals surface area contributed by atoms with Crippen molar-refractivity contribution in [1.29, 1.82) is 0 Å². The number of carbonyl (C=O) groups excluding carboxylic acids is 1. The number of fused-ring (bicyclic) bond motifs is 1. The number of aldehydes is 1. The number of hydrogen-bond acceptors (Lipinski definition) is 1. The monoisotopic (exact) mass is 263 g/mol. The van der Waals surface area contributed by atoms with Gasteiger partial charge in [-0.3, -0.25) is 4.79 Å². The van der Waals surface area contributed by atoms with Crippen LogP contribution in [0.5, 0.6) is 0 Å². The molecule has 2 heteroatoms. The predicted molar refractivity (Wildman–Crippen MR) is 83.2 cm³/mol. The minimum atomic E-state index is 0.743. The van der Waals surface area contributed by atoms with Gasteiger partial charge in [0.15, 0.2) is 6.29 Å². The highest BCUT2D eigenvalue weighted by Crippen LogP contribution is 2.30. The Morgan fingerprint density at radius 2 is 1.85 bits per heavy atom. The Kier molecular flexibility index (Phi) is 3.15. The van der Waals surface area contributed by atoms with Gasteiger partial charge in [-0.2, -0.15) is 0 Å². The first-order valence-corrected chi connectivity index (χ1v) is 6.90. The molecular formula is C18H17NO. The van der Waals surface area contributed by atoms with Crippen LogP contribution in [0.3, 0.4) is 0 Å². The summed E-state index contributed by atoms with van der Waals surface area (Å²) in [6.45, 7) is 4.19. The second-order valence-electron chi connectivity index (χ2n) is 5.08. The normalized spacial score (nSPS) is 10.9. The molecule has 100 valence electrons. The lowest BCUT2D eigenvalue weighted by atomic mass is 10.0. The van der Waals surface area contributed by atoms with Gasteiger partial charge in [0, 0.05) is 16.5 Å². The summed E-state index contributed by atoms with van der Waals surface area (Å²) in [6.07, 6.45) is 1.97. The fraction of sp³-hybridized carbons (Fsp3) is 0.167. The number of rotatable bonds is 3. The average Bonchev–Trinajstić information content (AvgIpc) is 2.87. The summed E-state index contributed by atoms with van der Waals surface area (Å²) in [5.41, 5.74) is 6.21. The van der Waals surface area contributed by atoms with E-state index in [1.807, 2.05) is 12.1 Å². The van der Waals surface area contributed by atoms with Crippen molar-refractivity contribution in [2.75, 3.05) is 0 Å². The van der Waals surface area contributed by atoms with Gasteiger partial charge in [0.25, 0.3) is 0 Å². The molecule has 1 N–H and O–H groups in total. The van der Waals surface area contributed by atoms with Gasteiger partial charge in [0.2, 0.25) is 0 Å². The van der Waals surface area contributed by atoms with Gasteiger partial charge >= 0.3 is 0 Å². The van der Waals surface area contributed by atoms with Crippen LogP contribution < -0.4 is 0 Å². The molecule has 0 aliphatic rings. The van der Waals surface area contributed by atoms with Crippen LogP contribution in [-0.4, -0.2) is 11.3 Å². The first-order valence-electron chi connectivity index (χ1n) is 6.90. The van der Waals surface area contributed by atoms with Crippen LogP contribution in [0.4, 0.5) is 0 Å². The summed E-state index contributed by atoms with van der Waals surface area (Å²) in [6, 6.07) is 14.4. The third-order valence-corrected chi connectivity index (χ3v) is 3.85. The molecule has 0 radical (unpaired) electrons. The Bertz CT molecular complexity index is 766. The van der Waals surface area contributed by atoms with Crippen molar-refractivity contribution in [3.05, 3.63) is 59.2 Å². The molecule has 20 heavy (non-hydrogen) atoms. The second-order valence-corrected chi connectivity index (χ2v) is 5.08. The largest absolute Gasteiger partial charge is 0.354 e. The lowest BCUT2D eigenvalue weighted by Gasteiger charge is -2.02. The summed E-state index contributed by atoms with van der Waals surface area (Å²) >= 11 is 0. The van der Waals surface area contributed by atoms with Gasteiger partial charge in [0.1, 0.15) is 0 Å². The van der Waals surface area contributed by atoms with E-state index in [0.29, 0.717) is 0 Å². The van der Waals surface area contributed by atoms with Crippen LogP contribution in [0.1, 0.15) is 28.4 Å². The summed E-state index contributed by atoms with van der Waals surface area (Å²) < 4.78 is 0. The SMILES string of the molecule is CCc1ccc(-c2[nH]c3c(C)cccc3c2C=O)cc1. The van der Waals surface area contributed by atoms with Gasteiger partial charge < -0.3 is 4.98 Å². The predicted octanol–water partition coefficient (Wildman–Crippen LogP) is 4.52. The van der Waals surface area contributed by atoms with E-state index in [1.54, 1.807) is 0 Å². The van der Waals surface area contributed by atoms with Crippen LogP contribution in [0.15, 0.2) is 42.5 Å². The van der Waals surface area contributed by atoms with E-state index in [9.17, 15) is 4.79 Å². The van der Waals surface area contributed by atoms with Gasteiger partial charge in [-0.15, -0.1) is 0 Å². The van der Waals surface area contributed by atoms with Gasteiger partial charge in [0.05, 0.1) is 5.69 Å². The Morgan fingerprint density at radius 1 is 1.10 bits per heavy atom. The number of carbonyl (C=O) groups is 1. The maximum absolute atomic E-state index is 11.5. The number of aryl methyl sites for hydroxylation is 2. The van der Waals surface area contributed by atoms with Crippen molar-refractivity contribution in [1.82, 2.24) is 4.98 Å². The minimum Gasteiger partial charge on any atom is -0.354 e. The van der Waals surface area contributed by atoms with Crippen molar-refractivity contribution in [3.8, 4) is 11.3 Å². The Morgan fingerprint density at radius 3 is 2.50 bits per heavy atom. The van der Waals surface area contributed by atoms with Crippen LogP contribution in [0, 0.1) is 6.92 Å². The summed E-state index contributed by atoms with van der Waals surface area (Å²) in [5, 5.41) is 0.995. The van der Waals surface area contributed by atoms with Crippen molar-refractivity contribution in [3.63, 3.8) is 0 Å². The third-order valence-electron chi connectivity index (χ3n) is 3.85. The highest BCUT2D eigenvalue weighted by molar-refractivity contribution is 6.05. The molecule has 0 saturated heterocycles. The first kappa shape index (κ1) is 12.7. The molecule has 0 saturated carbocycles. The third kappa shape index (κ3) is 1.94. The zero-order chi connectivity index (χ0) is 14.1. The molecule has 3 rings (SSSR count). The molecular weight excluding hydrogens is 246 g/mol. The summed E-state index contributed by atoms with van der Waals surface area (Å²) in [5.74, 6) is 0. The number of hydrogen-bond donors (Lipinski definition) is 1. The lowest BCUT2D eigenvalue weighted by molar-refractivity contribution is 0.112. The topological polar surface area (TPSA) is 32.9 Å². The van der Waals surface area contributed by atoms with Crippen LogP contribution in [0.25, 0.3) is 22.2 Å². The van der Waals surface area contributed by atoms with E-state index in [1.165, 1.54) is 5.56 Å². The Labute approximate surface area is 118 Å². The lowest BCUT2D eigenvalue weighted by Crippen LogP contribution is -1.86. The fourth-order valence-corrected chi connectivity index (χ4v) is 2.64. The molecule has 2 aromatic carbocycles. The van der Waals surface area contributed by atoms with E-state index >= 15 is 0 Å². The van der Waals surface area contributed by atoms with Crippen molar-refractivity contribution in [2.45, 2.75) is 20.3 Å². The molecule has 0 amide bonds. The molecule has 0 aliphatic carbocycles. The highest BCUT2D eigenvalue weighted by atomic mass is 16.1.